The van der Waals surface area contributed by atoms with Crippen molar-refractivity contribution in [3.05, 3.63) is 17.4 Å². The van der Waals surface area contributed by atoms with Crippen LogP contribution in [-0.4, -0.2) is 30.6 Å². The van der Waals surface area contributed by atoms with Crippen LogP contribution in [-0.2, 0) is 4.79 Å². The predicted molar refractivity (Wildman–Crippen MR) is 70.0 cm³/mol. The van der Waals surface area contributed by atoms with Gasteiger partial charge in [0.25, 0.3) is 0 Å². The first-order valence-electron chi connectivity index (χ1n) is 5.55. The Kier molecular flexibility index (Phi) is 3.66. The molecule has 102 valence electrons. The number of nitrogen functional groups attached to an aromatic ring is 1. The van der Waals surface area contributed by atoms with Crippen molar-refractivity contribution in [1.82, 2.24) is 5.32 Å². The van der Waals surface area contributed by atoms with Crippen LogP contribution in [0.1, 0.15) is 17.3 Å². The highest BCUT2D eigenvalue weighted by atomic mass is 32.2. The number of hydrogen-bond donors (Lipinski definition) is 2. The number of nitrogens with one attached hydrogen (secondary N) is 1. The number of amides is 1. The van der Waals surface area contributed by atoms with Gasteiger partial charge in [-0.25, -0.2) is 4.39 Å². The van der Waals surface area contributed by atoms with Crippen molar-refractivity contribution in [3.8, 4) is 5.75 Å². The standard InChI is InChI=1S/C12H13FN2O3S/c1-5(16)15-8-4-19-12-9(10(8)17)7(14)3-6(13)11(12)18-2/h3,8H,4,14H2,1-2H3,(H,15,16). The van der Waals surface area contributed by atoms with E-state index in [1.54, 1.807) is 0 Å². The molecule has 5 nitrogen and oxygen atoms in total. The van der Waals surface area contributed by atoms with E-state index in [1.807, 2.05) is 0 Å². The molecule has 2 rings (SSSR count). The van der Waals surface area contributed by atoms with E-state index in [0.29, 0.717) is 10.6 Å². The number of rotatable bonds is 2. The monoisotopic (exact) mass is 284 g/mol. The molecule has 0 bridgehead atoms. The number of Topliss-reactive ketones (excluding diaryl/α,β-unsaturated/α-hetero) is 1. The van der Waals surface area contributed by atoms with Gasteiger partial charge in [0, 0.05) is 24.4 Å². The second kappa shape index (κ2) is 5.08. The maximum absolute atomic E-state index is 13.7. The Morgan fingerprint density at radius 1 is 1.63 bits per heavy atom. The Morgan fingerprint density at radius 3 is 2.89 bits per heavy atom. The van der Waals surface area contributed by atoms with Gasteiger partial charge in [-0.05, 0) is 0 Å². The van der Waals surface area contributed by atoms with Gasteiger partial charge in [-0.2, -0.15) is 0 Å². The summed E-state index contributed by atoms with van der Waals surface area (Å²) in [6.07, 6.45) is 0. The first-order chi connectivity index (χ1) is 8.95. The Balaban J connectivity index is 2.49. The molecule has 0 fully saturated rings. The molecule has 3 N–H and O–H groups in total. The summed E-state index contributed by atoms with van der Waals surface area (Å²) < 4.78 is 18.6. The average Bonchev–Trinajstić information content (AvgIpc) is 2.32. The summed E-state index contributed by atoms with van der Waals surface area (Å²) in [6.45, 7) is 1.34. The molecule has 1 aliphatic rings. The second-order valence-electron chi connectivity index (χ2n) is 4.11. The fraction of sp³-hybridized carbons (Fsp3) is 0.333. The summed E-state index contributed by atoms with van der Waals surface area (Å²) in [4.78, 5) is 23.7. The zero-order chi connectivity index (χ0) is 14.2. The molecule has 0 saturated heterocycles. The maximum Gasteiger partial charge on any atom is 0.217 e. The number of methoxy groups -OCH3 is 1. The lowest BCUT2D eigenvalue weighted by atomic mass is 10.0. The lowest BCUT2D eigenvalue weighted by Gasteiger charge is -2.25. The Hall–Kier alpha value is -1.76. The molecule has 0 saturated carbocycles. The lowest BCUT2D eigenvalue weighted by Crippen LogP contribution is -2.43. The van der Waals surface area contributed by atoms with Gasteiger partial charge in [0.15, 0.2) is 17.3 Å². The summed E-state index contributed by atoms with van der Waals surface area (Å²) in [7, 11) is 1.33. The fourth-order valence-electron chi connectivity index (χ4n) is 1.98. The minimum atomic E-state index is -0.646. The van der Waals surface area contributed by atoms with Gasteiger partial charge in [-0.3, -0.25) is 9.59 Å². The second-order valence-corrected chi connectivity index (χ2v) is 5.14. The SMILES string of the molecule is COc1c(F)cc(N)c2c1SCC(NC(C)=O)C2=O. The number of ketones is 1. The summed E-state index contributed by atoms with van der Waals surface area (Å²) >= 11 is 1.24. The molecular weight excluding hydrogens is 271 g/mol. The smallest absolute Gasteiger partial charge is 0.217 e. The van der Waals surface area contributed by atoms with Crippen LogP contribution < -0.4 is 15.8 Å². The molecule has 1 unspecified atom stereocenters. The number of fused-ring (bicyclic) bond motifs is 1. The van der Waals surface area contributed by atoms with Gasteiger partial charge in [-0.1, -0.05) is 0 Å². The molecule has 19 heavy (non-hydrogen) atoms. The van der Waals surface area contributed by atoms with Gasteiger partial charge in [0.1, 0.15) is 6.04 Å². The lowest BCUT2D eigenvalue weighted by molar-refractivity contribution is -0.119. The van der Waals surface area contributed by atoms with E-state index in [1.165, 1.54) is 25.8 Å². The number of ether oxygens (including phenoxy) is 1. The van der Waals surface area contributed by atoms with Gasteiger partial charge >= 0.3 is 0 Å². The number of thioether (sulfide) groups is 1. The highest BCUT2D eigenvalue weighted by Gasteiger charge is 2.33. The predicted octanol–water partition coefficient (Wildman–Crippen LogP) is 1.21. The van der Waals surface area contributed by atoms with E-state index in [4.69, 9.17) is 10.5 Å². The molecule has 0 aliphatic carbocycles. The topological polar surface area (TPSA) is 81.4 Å². The van der Waals surface area contributed by atoms with Crippen LogP contribution in [0, 0.1) is 5.82 Å². The number of anilines is 1. The Morgan fingerprint density at radius 2 is 2.32 bits per heavy atom. The molecule has 0 radical (unpaired) electrons. The van der Waals surface area contributed by atoms with Crippen molar-refractivity contribution in [2.24, 2.45) is 0 Å². The minimum absolute atomic E-state index is 0.0174. The molecule has 1 aliphatic heterocycles. The molecular formula is C12H13FN2O3S. The molecule has 0 aromatic heterocycles. The Bertz CT molecular complexity index is 562. The molecule has 0 spiro atoms. The third kappa shape index (κ3) is 2.37. The highest BCUT2D eigenvalue weighted by molar-refractivity contribution is 7.99. The number of halogens is 1. The first kappa shape index (κ1) is 13.7. The number of carbonyl (C=O) groups excluding carboxylic acids is 2. The molecule has 1 aromatic rings. The number of nitrogens with two attached hydrogens (primary N) is 1. The molecule has 1 heterocycles. The minimum Gasteiger partial charge on any atom is -0.492 e. The van der Waals surface area contributed by atoms with Crippen molar-refractivity contribution in [1.29, 1.82) is 0 Å². The summed E-state index contributed by atoms with van der Waals surface area (Å²) in [5.74, 6) is -0.874. The number of carbonyl (C=O) groups is 2. The van der Waals surface area contributed by atoms with Crippen LogP contribution in [0.4, 0.5) is 10.1 Å². The van der Waals surface area contributed by atoms with Crippen molar-refractivity contribution in [2.75, 3.05) is 18.6 Å². The zero-order valence-electron chi connectivity index (χ0n) is 10.5. The summed E-state index contributed by atoms with van der Waals surface area (Å²) in [5, 5.41) is 2.55. The van der Waals surface area contributed by atoms with Crippen LogP contribution in [0.5, 0.6) is 5.75 Å². The third-order valence-electron chi connectivity index (χ3n) is 2.76. The van der Waals surface area contributed by atoms with E-state index in [2.05, 4.69) is 5.32 Å². The van der Waals surface area contributed by atoms with E-state index in [0.717, 1.165) is 6.07 Å². The van der Waals surface area contributed by atoms with E-state index in [9.17, 15) is 14.0 Å². The number of benzene rings is 1. The van der Waals surface area contributed by atoms with Gasteiger partial charge in [0.2, 0.25) is 5.91 Å². The number of hydrogen-bond acceptors (Lipinski definition) is 5. The average molecular weight is 284 g/mol. The van der Waals surface area contributed by atoms with Crippen LogP contribution in [0.25, 0.3) is 0 Å². The zero-order valence-corrected chi connectivity index (χ0v) is 11.3. The molecule has 1 atom stereocenters. The molecule has 7 heteroatoms. The van der Waals surface area contributed by atoms with Crippen molar-refractivity contribution >= 4 is 29.1 Å². The third-order valence-corrected chi connectivity index (χ3v) is 3.94. The van der Waals surface area contributed by atoms with Crippen molar-refractivity contribution in [2.45, 2.75) is 17.9 Å². The van der Waals surface area contributed by atoms with Crippen LogP contribution in [0.2, 0.25) is 0 Å². The van der Waals surface area contributed by atoms with Crippen LogP contribution >= 0.6 is 11.8 Å². The van der Waals surface area contributed by atoms with Crippen molar-refractivity contribution < 1.29 is 18.7 Å². The van der Waals surface area contributed by atoms with Gasteiger partial charge < -0.3 is 15.8 Å². The van der Waals surface area contributed by atoms with Crippen molar-refractivity contribution in [3.63, 3.8) is 0 Å². The molecule has 1 amide bonds. The van der Waals surface area contributed by atoms with Crippen LogP contribution in [0.15, 0.2) is 11.0 Å². The fourth-order valence-corrected chi connectivity index (χ4v) is 3.22. The molecule has 1 aromatic carbocycles. The maximum atomic E-state index is 13.7. The van der Waals surface area contributed by atoms with Gasteiger partial charge in [-0.15, -0.1) is 11.8 Å². The highest BCUT2D eigenvalue weighted by Crippen LogP contribution is 2.42. The van der Waals surface area contributed by atoms with Crippen LogP contribution in [0.3, 0.4) is 0 Å². The summed E-state index contributed by atoms with van der Waals surface area (Å²) in [5.41, 5.74) is 5.98. The Labute approximate surface area is 113 Å². The first-order valence-corrected chi connectivity index (χ1v) is 6.54. The van der Waals surface area contributed by atoms with E-state index in [-0.39, 0.29) is 28.7 Å². The quantitative estimate of drug-likeness (QED) is 0.798. The largest absolute Gasteiger partial charge is 0.492 e. The summed E-state index contributed by atoms with van der Waals surface area (Å²) in [6, 6.07) is 0.416. The van der Waals surface area contributed by atoms with E-state index < -0.39 is 11.9 Å². The van der Waals surface area contributed by atoms with E-state index >= 15 is 0 Å². The normalized spacial score (nSPS) is 17.8. The van der Waals surface area contributed by atoms with Gasteiger partial charge in [0.05, 0.1) is 17.6 Å².